The van der Waals surface area contributed by atoms with Gasteiger partial charge in [0, 0.05) is 68.1 Å². The van der Waals surface area contributed by atoms with Crippen molar-refractivity contribution in [3.05, 3.63) is 57.0 Å². The van der Waals surface area contributed by atoms with Gasteiger partial charge in [0.1, 0.15) is 0 Å². The van der Waals surface area contributed by atoms with E-state index in [-0.39, 0.29) is 42.8 Å². The third kappa shape index (κ3) is 5.87. The summed E-state index contributed by atoms with van der Waals surface area (Å²) in [6, 6.07) is 10.0. The zero-order valence-electron chi connectivity index (χ0n) is 23.0. The van der Waals surface area contributed by atoms with E-state index in [1.54, 1.807) is 41.3 Å². The van der Waals surface area contributed by atoms with E-state index in [0.717, 1.165) is 47.0 Å². The smallest absolute Gasteiger partial charge is 0.283 e. The summed E-state index contributed by atoms with van der Waals surface area (Å²) in [5, 5.41) is 6.03. The average Bonchev–Trinajstić information content (AvgIpc) is 3.40. The lowest BCUT2D eigenvalue weighted by Crippen LogP contribution is -2.57. The molecule has 218 valence electrons. The Morgan fingerprint density at radius 1 is 1.05 bits per heavy atom. The van der Waals surface area contributed by atoms with Gasteiger partial charge in [-0.05, 0) is 61.2 Å². The summed E-state index contributed by atoms with van der Waals surface area (Å²) in [6.07, 6.45) is 3.87. The zero-order chi connectivity index (χ0) is 28.7. The molecule has 3 aromatic rings. The van der Waals surface area contributed by atoms with Crippen LogP contribution in [0.5, 0.6) is 0 Å². The fraction of sp³-hybridized carbons (Fsp3) is 0.483. The van der Waals surface area contributed by atoms with Crippen LogP contribution in [0, 0.1) is 0 Å². The Balaban J connectivity index is 1.27. The lowest BCUT2D eigenvalue weighted by atomic mass is 10.1. The number of halogens is 1. The van der Waals surface area contributed by atoms with Crippen molar-refractivity contribution in [2.24, 2.45) is 0 Å². The van der Waals surface area contributed by atoms with Crippen LogP contribution in [0.1, 0.15) is 53.0 Å². The number of amides is 2. The molecule has 0 bridgehead atoms. The van der Waals surface area contributed by atoms with Gasteiger partial charge in [0.15, 0.2) is 5.01 Å². The van der Waals surface area contributed by atoms with Crippen LogP contribution in [-0.2, 0) is 27.8 Å². The van der Waals surface area contributed by atoms with Crippen LogP contribution in [0.15, 0.2) is 41.3 Å². The van der Waals surface area contributed by atoms with Gasteiger partial charge in [-0.15, -0.1) is 11.3 Å². The number of aromatic nitrogens is 1. The zero-order valence-corrected chi connectivity index (χ0v) is 25.4. The summed E-state index contributed by atoms with van der Waals surface area (Å²) >= 11 is 7.50. The summed E-state index contributed by atoms with van der Waals surface area (Å²) in [7, 11) is -3.86. The van der Waals surface area contributed by atoms with Crippen LogP contribution in [-0.4, -0.2) is 84.1 Å². The van der Waals surface area contributed by atoms with Gasteiger partial charge < -0.3 is 15.1 Å². The third-order valence-electron chi connectivity index (χ3n) is 8.31. The Kier molecular flexibility index (Phi) is 8.08. The van der Waals surface area contributed by atoms with Crippen molar-refractivity contribution < 1.29 is 18.0 Å². The Morgan fingerprint density at radius 3 is 2.61 bits per heavy atom. The molecule has 0 spiro atoms. The monoisotopic (exact) mass is 615 g/mol. The lowest BCUT2D eigenvalue weighted by molar-refractivity contribution is -0.133. The van der Waals surface area contributed by atoms with Gasteiger partial charge in [-0.3, -0.25) is 9.59 Å². The molecule has 0 saturated carbocycles. The van der Waals surface area contributed by atoms with Crippen LogP contribution in [0.2, 0.25) is 5.02 Å². The van der Waals surface area contributed by atoms with E-state index >= 15 is 0 Å². The molecule has 9 nitrogen and oxygen atoms in total. The van der Waals surface area contributed by atoms with Crippen molar-refractivity contribution in [2.45, 2.75) is 62.6 Å². The SMILES string of the molecule is CC1Cc2nc(C(=O)N3CCN(S(=O)(=O)c4ccc5cc(Cl)ccc5c4)CC3CC(=O)N3CCCCC3)sc2CN1. The minimum Gasteiger partial charge on any atom is -0.343 e. The van der Waals surface area contributed by atoms with Gasteiger partial charge >= 0.3 is 0 Å². The van der Waals surface area contributed by atoms with Crippen LogP contribution in [0.4, 0.5) is 0 Å². The molecule has 12 heteroatoms. The van der Waals surface area contributed by atoms with E-state index in [1.165, 1.54) is 15.6 Å². The number of piperidine rings is 1. The largest absolute Gasteiger partial charge is 0.343 e. The predicted molar refractivity (Wildman–Crippen MR) is 160 cm³/mol. The van der Waals surface area contributed by atoms with E-state index in [0.29, 0.717) is 35.7 Å². The normalized spacial score (nSPS) is 22.1. The number of piperazine rings is 1. The van der Waals surface area contributed by atoms with Crippen molar-refractivity contribution in [3.63, 3.8) is 0 Å². The highest BCUT2D eigenvalue weighted by Crippen LogP contribution is 2.29. The van der Waals surface area contributed by atoms with E-state index in [9.17, 15) is 18.0 Å². The number of carbonyl (C=O) groups excluding carboxylic acids is 2. The lowest BCUT2D eigenvalue weighted by Gasteiger charge is -2.41. The molecule has 2 saturated heterocycles. The van der Waals surface area contributed by atoms with Crippen LogP contribution < -0.4 is 5.32 Å². The molecule has 4 heterocycles. The number of carbonyl (C=O) groups is 2. The molecule has 0 radical (unpaired) electrons. The molecule has 0 aliphatic carbocycles. The molecular weight excluding hydrogens is 582 g/mol. The number of hydrogen-bond donors (Lipinski definition) is 1. The van der Waals surface area contributed by atoms with E-state index in [4.69, 9.17) is 11.6 Å². The first-order valence-electron chi connectivity index (χ1n) is 14.2. The van der Waals surface area contributed by atoms with Gasteiger partial charge in [-0.25, -0.2) is 13.4 Å². The van der Waals surface area contributed by atoms with Crippen molar-refractivity contribution in [1.29, 1.82) is 0 Å². The Morgan fingerprint density at radius 2 is 1.80 bits per heavy atom. The molecule has 2 aromatic carbocycles. The summed E-state index contributed by atoms with van der Waals surface area (Å²) in [5.74, 6) is -0.265. The predicted octanol–water partition coefficient (Wildman–Crippen LogP) is 3.90. The summed E-state index contributed by atoms with van der Waals surface area (Å²) in [5.41, 5.74) is 0.948. The molecular formula is C29H34ClN5O4S2. The number of sulfonamides is 1. The fourth-order valence-electron chi connectivity index (χ4n) is 5.99. The van der Waals surface area contributed by atoms with Crippen LogP contribution in [0.3, 0.4) is 0 Å². The topological polar surface area (TPSA) is 103 Å². The number of benzene rings is 2. The highest BCUT2D eigenvalue weighted by molar-refractivity contribution is 7.89. The van der Waals surface area contributed by atoms with Crippen LogP contribution in [0.25, 0.3) is 10.8 Å². The van der Waals surface area contributed by atoms with E-state index in [2.05, 4.69) is 17.2 Å². The molecule has 2 atom stereocenters. The first-order valence-corrected chi connectivity index (χ1v) is 16.8. The Bertz CT molecular complexity index is 1590. The minimum absolute atomic E-state index is 0.0363. The van der Waals surface area contributed by atoms with Crippen molar-refractivity contribution in [3.8, 4) is 0 Å². The molecule has 1 N–H and O–H groups in total. The first kappa shape index (κ1) is 28.5. The average molecular weight is 616 g/mol. The number of thiazole rings is 1. The van der Waals surface area contributed by atoms with Crippen molar-refractivity contribution >= 4 is 55.5 Å². The Hall–Kier alpha value is -2.57. The maximum Gasteiger partial charge on any atom is 0.283 e. The second kappa shape index (κ2) is 11.6. The summed E-state index contributed by atoms with van der Waals surface area (Å²) in [6.45, 7) is 4.57. The second-order valence-electron chi connectivity index (χ2n) is 11.2. The van der Waals surface area contributed by atoms with Crippen molar-refractivity contribution in [2.75, 3.05) is 32.7 Å². The molecule has 2 fully saturated rings. The minimum atomic E-state index is -3.86. The Labute approximate surface area is 249 Å². The fourth-order valence-corrected chi connectivity index (χ4v) is 8.67. The third-order valence-corrected chi connectivity index (χ3v) is 11.5. The maximum atomic E-state index is 13.8. The molecule has 6 rings (SSSR count). The van der Waals surface area contributed by atoms with Gasteiger partial charge in [0.05, 0.1) is 16.6 Å². The number of likely N-dealkylation sites (tertiary alicyclic amines) is 1. The van der Waals surface area contributed by atoms with Crippen molar-refractivity contribution in [1.82, 2.24) is 24.4 Å². The first-order chi connectivity index (χ1) is 19.7. The van der Waals surface area contributed by atoms with Gasteiger partial charge in [-0.1, -0.05) is 23.7 Å². The number of hydrogen-bond acceptors (Lipinski definition) is 7. The highest BCUT2D eigenvalue weighted by atomic mass is 35.5. The highest BCUT2D eigenvalue weighted by Gasteiger charge is 2.39. The number of fused-ring (bicyclic) bond motifs is 2. The molecule has 3 aliphatic heterocycles. The van der Waals surface area contributed by atoms with Gasteiger partial charge in [-0.2, -0.15) is 4.31 Å². The van der Waals surface area contributed by atoms with E-state index < -0.39 is 16.1 Å². The molecule has 2 unspecified atom stereocenters. The number of nitrogens with one attached hydrogen (secondary N) is 1. The van der Waals surface area contributed by atoms with Gasteiger partial charge in [0.2, 0.25) is 15.9 Å². The number of rotatable bonds is 5. The number of nitrogens with zero attached hydrogens (tertiary/aromatic N) is 4. The molecule has 1 aromatic heterocycles. The van der Waals surface area contributed by atoms with E-state index in [1.807, 2.05) is 4.90 Å². The second-order valence-corrected chi connectivity index (χ2v) is 14.6. The van der Waals surface area contributed by atoms with Crippen LogP contribution >= 0.6 is 22.9 Å². The maximum absolute atomic E-state index is 13.8. The molecule has 2 amide bonds. The summed E-state index contributed by atoms with van der Waals surface area (Å²) < 4.78 is 29.1. The van der Waals surface area contributed by atoms with Gasteiger partial charge in [0.25, 0.3) is 5.91 Å². The summed E-state index contributed by atoms with van der Waals surface area (Å²) in [4.78, 5) is 36.6. The quantitative estimate of drug-likeness (QED) is 0.467. The molecule has 3 aliphatic rings. The molecule has 41 heavy (non-hydrogen) atoms. The standard InChI is InChI=1S/C29H34ClN5O4S2/c1-19-13-25-26(17-31-19)40-28(32-25)29(37)35-12-11-34(18-23(35)16-27(36)33-9-3-2-4-10-33)41(38,39)24-8-6-20-14-22(30)7-5-21(20)15-24/h5-8,14-15,19,23,31H,2-4,9-13,16-18H2,1H3.